The second-order valence-electron chi connectivity index (χ2n) is 8.89. The summed E-state index contributed by atoms with van der Waals surface area (Å²) in [6.45, 7) is 8.34. The third-order valence-electron chi connectivity index (χ3n) is 6.27. The number of hydrogen-bond donors (Lipinski definition) is 0. The molecule has 0 N–H and O–H groups in total. The quantitative estimate of drug-likeness (QED) is 0.224. The van der Waals surface area contributed by atoms with Crippen LogP contribution in [-0.2, 0) is 9.53 Å². The molecule has 0 unspecified atom stereocenters. The minimum atomic E-state index is -0.833. The molecule has 0 amide bonds. The van der Waals surface area contributed by atoms with Gasteiger partial charge in [0.2, 0.25) is 0 Å². The molecule has 1 aromatic heterocycles. The average Bonchev–Trinajstić information content (AvgIpc) is 3.26. The number of halogens is 1. The minimum Gasteiger partial charge on any atom is -0.493 e. The SMILES string of the molecule is C#CCOc1ccc(/C=c2/sc3n(c2=O)[C@@H](c2cc(OC)c(OCC)cc2Br)C(C(=O)OCC)=C(C)N=3)cc1OCC. The predicted molar refractivity (Wildman–Crippen MR) is 164 cm³/mol. The van der Waals surface area contributed by atoms with Crippen LogP contribution in [-0.4, -0.2) is 44.1 Å². The first-order valence-electron chi connectivity index (χ1n) is 13.3. The first-order chi connectivity index (χ1) is 20.3. The molecule has 42 heavy (non-hydrogen) atoms. The van der Waals surface area contributed by atoms with Gasteiger partial charge in [-0.05, 0) is 69.2 Å². The van der Waals surface area contributed by atoms with E-state index in [1.165, 1.54) is 23.0 Å². The molecule has 220 valence electrons. The molecule has 0 spiro atoms. The van der Waals surface area contributed by atoms with Crippen molar-refractivity contribution >= 4 is 39.3 Å². The van der Waals surface area contributed by atoms with E-state index in [4.69, 9.17) is 30.1 Å². The summed E-state index contributed by atoms with van der Waals surface area (Å²) in [5.41, 5.74) is 1.74. The Balaban J connectivity index is 1.93. The van der Waals surface area contributed by atoms with E-state index in [1.54, 1.807) is 44.2 Å². The van der Waals surface area contributed by atoms with Crippen LogP contribution in [0.15, 0.2) is 55.9 Å². The lowest BCUT2D eigenvalue weighted by molar-refractivity contribution is -0.139. The Morgan fingerprint density at radius 3 is 2.43 bits per heavy atom. The number of thiazole rings is 1. The molecule has 2 aromatic carbocycles. The van der Waals surface area contributed by atoms with Crippen molar-refractivity contribution in [3.8, 4) is 35.3 Å². The van der Waals surface area contributed by atoms with Gasteiger partial charge in [0.05, 0.1) is 48.8 Å². The van der Waals surface area contributed by atoms with Gasteiger partial charge >= 0.3 is 5.97 Å². The molecular weight excluding hydrogens is 624 g/mol. The number of allylic oxidation sites excluding steroid dienone is 1. The monoisotopic (exact) mass is 654 g/mol. The van der Waals surface area contributed by atoms with E-state index in [0.29, 0.717) is 61.3 Å². The molecule has 0 saturated carbocycles. The number of terminal acetylenes is 1. The molecule has 0 bridgehead atoms. The van der Waals surface area contributed by atoms with Gasteiger partial charge in [-0.15, -0.1) is 6.42 Å². The Hall–Kier alpha value is -4.01. The maximum Gasteiger partial charge on any atom is 0.338 e. The highest BCUT2D eigenvalue weighted by molar-refractivity contribution is 9.10. The number of ether oxygens (including phenoxy) is 5. The molecule has 0 radical (unpaired) electrons. The van der Waals surface area contributed by atoms with E-state index in [2.05, 4.69) is 26.8 Å². The third-order valence-corrected chi connectivity index (χ3v) is 7.94. The zero-order valence-corrected chi connectivity index (χ0v) is 26.4. The fourth-order valence-electron chi connectivity index (χ4n) is 4.55. The van der Waals surface area contributed by atoms with Crippen LogP contribution in [0.25, 0.3) is 6.08 Å². The number of nitrogens with zero attached hydrogens (tertiary/aromatic N) is 2. The topological polar surface area (TPSA) is 97.6 Å². The Bertz CT molecular complexity index is 1750. The van der Waals surface area contributed by atoms with Crippen LogP contribution >= 0.6 is 27.3 Å². The number of rotatable bonds is 11. The molecule has 4 rings (SSSR count). The Morgan fingerprint density at radius 2 is 1.79 bits per heavy atom. The Kier molecular flexibility index (Phi) is 10.1. The molecule has 1 aliphatic heterocycles. The van der Waals surface area contributed by atoms with Crippen molar-refractivity contribution in [1.82, 2.24) is 4.57 Å². The summed E-state index contributed by atoms with van der Waals surface area (Å²) in [5, 5.41) is 0. The fourth-order valence-corrected chi connectivity index (χ4v) is 6.13. The first-order valence-corrected chi connectivity index (χ1v) is 14.9. The van der Waals surface area contributed by atoms with Gasteiger partial charge in [0.25, 0.3) is 5.56 Å². The smallest absolute Gasteiger partial charge is 0.338 e. The number of hydrogen-bond acceptors (Lipinski definition) is 9. The number of fused-ring (bicyclic) bond motifs is 1. The van der Waals surface area contributed by atoms with Gasteiger partial charge in [-0.1, -0.05) is 39.3 Å². The van der Waals surface area contributed by atoms with E-state index < -0.39 is 12.0 Å². The van der Waals surface area contributed by atoms with E-state index >= 15 is 0 Å². The number of methoxy groups -OCH3 is 1. The van der Waals surface area contributed by atoms with E-state index in [9.17, 15) is 9.59 Å². The Morgan fingerprint density at radius 1 is 1.07 bits per heavy atom. The number of aromatic nitrogens is 1. The predicted octanol–water partition coefficient (Wildman–Crippen LogP) is 4.38. The van der Waals surface area contributed by atoms with Crippen molar-refractivity contribution in [3.05, 3.63) is 76.9 Å². The van der Waals surface area contributed by atoms with Crippen LogP contribution in [0.1, 0.15) is 44.9 Å². The molecule has 1 aliphatic rings. The largest absolute Gasteiger partial charge is 0.493 e. The minimum absolute atomic E-state index is 0.103. The standard InChI is InChI=1S/C31H31BrN2O7S/c1-7-13-41-22-12-11-19(14-24(22)38-8-2)15-26-29(35)34-28(20-16-23(37-6)25(39-9-3)17-21(20)32)27(30(36)40-10-4)18(5)33-31(34)42-26/h1,11-12,14-17,28H,8-10,13H2,2-6H3/b26-15+/t28-/m0/s1. The van der Waals surface area contributed by atoms with Crippen molar-refractivity contribution < 1.29 is 28.5 Å². The number of benzene rings is 2. The van der Waals surface area contributed by atoms with Gasteiger partial charge in [-0.25, -0.2) is 9.79 Å². The molecule has 9 nitrogen and oxygen atoms in total. The summed E-state index contributed by atoms with van der Waals surface area (Å²) >= 11 is 4.86. The van der Waals surface area contributed by atoms with Gasteiger partial charge in [-0.3, -0.25) is 9.36 Å². The molecule has 3 aromatic rings. The van der Waals surface area contributed by atoms with Gasteiger partial charge in [0.1, 0.15) is 6.61 Å². The van der Waals surface area contributed by atoms with Crippen molar-refractivity contribution in [1.29, 1.82) is 0 Å². The van der Waals surface area contributed by atoms with Crippen molar-refractivity contribution in [2.24, 2.45) is 4.99 Å². The summed E-state index contributed by atoms with van der Waals surface area (Å²) < 4.78 is 30.6. The highest BCUT2D eigenvalue weighted by atomic mass is 79.9. The van der Waals surface area contributed by atoms with E-state index in [0.717, 1.165) is 5.56 Å². The van der Waals surface area contributed by atoms with Crippen molar-refractivity contribution in [2.45, 2.75) is 33.7 Å². The maximum atomic E-state index is 14.0. The zero-order chi connectivity index (χ0) is 30.4. The third kappa shape index (κ3) is 6.25. The van der Waals surface area contributed by atoms with Crippen LogP contribution in [0.2, 0.25) is 0 Å². The normalized spacial score (nSPS) is 14.5. The summed E-state index contributed by atoms with van der Waals surface area (Å²) in [5.74, 6) is 3.90. The van der Waals surface area contributed by atoms with Gasteiger partial charge < -0.3 is 23.7 Å². The van der Waals surface area contributed by atoms with Crippen LogP contribution in [0.3, 0.4) is 0 Å². The highest BCUT2D eigenvalue weighted by Gasteiger charge is 2.35. The van der Waals surface area contributed by atoms with Gasteiger partial charge in [0, 0.05) is 4.47 Å². The summed E-state index contributed by atoms with van der Waals surface area (Å²) in [7, 11) is 1.54. The molecule has 0 saturated heterocycles. The number of esters is 1. The second kappa shape index (κ2) is 13.8. The molecular formula is C31H31BrN2O7S. The maximum absolute atomic E-state index is 14.0. The average molecular weight is 656 g/mol. The fraction of sp³-hybridized carbons (Fsp3) is 0.323. The van der Waals surface area contributed by atoms with Gasteiger partial charge in [0.15, 0.2) is 27.8 Å². The zero-order valence-electron chi connectivity index (χ0n) is 24.0. The van der Waals surface area contributed by atoms with Crippen LogP contribution in [0.5, 0.6) is 23.0 Å². The number of carbonyl (C=O) groups excluding carboxylic acids is 1. The second-order valence-corrected chi connectivity index (χ2v) is 10.8. The Labute approximate surface area is 256 Å². The number of carbonyl (C=O) groups is 1. The van der Waals surface area contributed by atoms with E-state index in [-0.39, 0.29) is 24.3 Å². The lowest BCUT2D eigenvalue weighted by Gasteiger charge is -2.26. The van der Waals surface area contributed by atoms with Crippen molar-refractivity contribution in [2.75, 3.05) is 33.5 Å². The molecule has 0 fully saturated rings. The molecule has 2 heterocycles. The molecule has 1 atom stereocenters. The van der Waals surface area contributed by atoms with Crippen LogP contribution in [0.4, 0.5) is 0 Å². The van der Waals surface area contributed by atoms with E-state index in [1.807, 2.05) is 19.9 Å². The summed E-state index contributed by atoms with van der Waals surface area (Å²) in [6.07, 6.45) is 7.09. The summed E-state index contributed by atoms with van der Waals surface area (Å²) in [4.78, 5) is 32.4. The van der Waals surface area contributed by atoms with Crippen LogP contribution in [0, 0.1) is 12.3 Å². The molecule has 0 aliphatic carbocycles. The lowest BCUT2D eigenvalue weighted by atomic mass is 9.95. The van der Waals surface area contributed by atoms with Crippen molar-refractivity contribution in [3.63, 3.8) is 0 Å². The summed E-state index contributed by atoms with van der Waals surface area (Å²) in [6, 6.07) is 8.05. The lowest BCUT2D eigenvalue weighted by Crippen LogP contribution is -2.40. The first kappa shape index (κ1) is 30.9. The molecule has 11 heteroatoms. The van der Waals surface area contributed by atoms with Gasteiger partial charge in [-0.2, -0.15) is 0 Å². The van der Waals surface area contributed by atoms with Crippen LogP contribution < -0.4 is 33.8 Å². The highest BCUT2D eigenvalue weighted by Crippen LogP contribution is 2.41.